The molecule has 0 aliphatic rings. The maximum absolute atomic E-state index is 9.19. The Morgan fingerprint density at radius 2 is 1.89 bits per heavy atom. The number of rotatable bonds is 8. The summed E-state index contributed by atoms with van der Waals surface area (Å²) < 4.78 is 5.65. The van der Waals surface area contributed by atoms with E-state index in [0.717, 1.165) is 31.4 Å². The monoisotopic (exact) mass is 251 g/mol. The fraction of sp³-hybridized carbons (Fsp3) is 0.600. The molecule has 1 aromatic rings. The van der Waals surface area contributed by atoms with Crippen LogP contribution in [0.1, 0.15) is 38.7 Å². The molecule has 0 bridgehead atoms. The fourth-order valence-corrected chi connectivity index (χ4v) is 1.80. The van der Waals surface area contributed by atoms with Crippen molar-refractivity contribution in [3.8, 4) is 5.75 Å². The van der Waals surface area contributed by atoms with E-state index in [9.17, 15) is 5.11 Å². The molecular weight excluding hydrogens is 226 g/mol. The Morgan fingerprint density at radius 1 is 1.22 bits per heavy atom. The third kappa shape index (κ3) is 4.67. The van der Waals surface area contributed by atoms with Gasteiger partial charge in [0.05, 0.1) is 13.2 Å². The predicted molar refractivity (Wildman–Crippen MR) is 74.8 cm³/mol. The number of hydrogen-bond donors (Lipinski definition) is 2. The molecule has 3 nitrogen and oxygen atoms in total. The number of aryl methyl sites for hydroxylation is 1. The Labute approximate surface area is 110 Å². The number of aliphatic hydroxyl groups excluding tert-OH is 1. The van der Waals surface area contributed by atoms with Crippen LogP contribution in [0, 0.1) is 0 Å². The summed E-state index contributed by atoms with van der Waals surface area (Å²) in [6.07, 6.45) is 3.48. The van der Waals surface area contributed by atoms with Gasteiger partial charge in [0, 0.05) is 5.54 Å². The van der Waals surface area contributed by atoms with Crippen molar-refractivity contribution in [1.82, 2.24) is 0 Å². The van der Waals surface area contributed by atoms with Crippen LogP contribution in [0.3, 0.4) is 0 Å². The molecular formula is C15H25NO2. The number of aliphatic hydroxyl groups is 1. The highest BCUT2D eigenvalue weighted by atomic mass is 16.5. The van der Waals surface area contributed by atoms with Crippen molar-refractivity contribution in [3.05, 3.63) is 29.8 Å². The molecule has 0 saturated carbocycles. The molecule has 1 unspecified atom stereocenters. The van der Waals surface area contributed by atoms with Crippen LogP contribution in [-0.4, -0.2) is 23.9 Å². The van der Waals surface area contributed by atoms with Gasteiger partial charge in [0.2, 0.25) is 0 Å². The third-order valence-corrected chi connectivity index (χ3v) is 3.44. The number of hydrogen-bond acceptors (Lipinski definition) is 3. The molecule has 0 aliphatic heterocycles. The summed E-state index contributed by atoms with van der Waals surface area (Å²) >= 11 is 0. The van der Waals surface area contributed by atoms with E-state index in [4.69, 9.17) is 10.5 Å². The van der Waals surface area contributed by atoms with Crippen molar-refractivity contribution in [3.63, 3.8) is 0 Å². The highest BCUT2D eigenvalue weighted by molar-refractivity contribution is 5.27. The normalized spacial score (nSPS) is 14.2. The molecule has 102 valence electrons. The lowest BCUT2D eigenvalue weighted by Crippen LogP contribution is -2.43. The van der Waals surface area contributed by atoms with E-state index in [1.54, 1.807) is 0 Å². The van der Waals surface area contributed by atoms with Crippen molar-refractivity contribution in [1.29, 1.82) is 0 Å². The Balaban J connectivity index is 2.29. The molecule has 0 radical (unpaired) electrons. The first-order valence-corrected chi connectivity index (χ1v) is 6.75. The van der Waals surface area contributed by atoms with E-state index in [-0.39, 0.29) is 6.61 Å². The SMILES string of the molecule is CCc1ccc(OCCCC(N)(CC)CO)cc1. The Bertz CT molecular complexity index is 331. The lowest BCUT2D eigenvalue weighted by Gasteiger charge is -2.25. The van der Waals surface area contributed by atoms with Gasteiger partial charge in [-0.3, -0.25) is 0 Å². The van der Waals surface area contributed by atoms with Gasteiger partial charge in [-0.2, -0.15) is 0 Å². The summed E-state index contributed by atoms with van der Waals surface area (Å²) in [5, 5.41) is 9.19. The molecule has 0 aliphatic carbocycles. The van der Waals surface area contributed by atoms with Crippen molar-refractivity contribution < 1.29 is 9.84 Å². The Hall–Kier alpha value is -1.06. The minimum atomic E-state index is -0.449. The second kappa shape index (κ2) is 7.39. The van der Waals surface area contributed by atoms with Gasteiger partial charge in [-0.05, 0) is 43.4 Å². The molecule has 1 atom stereocenters. The quantitative estimate of drug-likeness (QED) is 0.698. The van der Waals surface area contributed by atoms with Crippen LogP contribution in [0.5, 0.6) is 5.75 Å². The first-order valence-electron chi connectivity index (χ1n) is 6.75. The Morgan fingerprint density at radius 3 is 2.39 bits per heavy atom. The molecule has 0 amide bonds. The second-order valence-electron chi connectivity index (χ2n) is 4.82. The van der Waals surface area contributed by atoms with Gasteiger partial charge in [0.25, 0.3) is 0 Å². The van der Waals surface area contributed by atoms with Crippen LogP contribution < -0.4 is 10.5 Å². The van der Waals surface area contributed by atoms with E-state index in [0.29, 0.717) is 6.61 Å². The van der Waals surface area contributed by atoms with E-state index < -0.39 is 5.54 Å². The number of benzene rings is 1. The molecule has 18 heavy (non-hydrogen) atoms. The second-order valence-corrected chi connectivity index (χ2v) is 4.82. The number of ether oxygens (including phenoxy) is 1. The predicted octanol–water partition coefficient (Wildman–Crippen LogP) is 2.51. The van der Waals surface area contributed by atoms with Gasteiger partial charge in [0.15, 0.2) is 0 Å². The number of nitrogens with two attached hydrogens (primary N) is 1. The zero-order chi connectivity index (χ0) is 13.4. The molecule has 0 aromatic heterocycles. The van der Waals surface area contributed by atoms with Crippen molar-refractivity contribution in [2.24, 2.45) is 5.73 Å². The summed E-state index contributed by atoms with van der Waals surface area (Å²) in [5.74, 6) is 0.898. The largest absolute Gasteiger partial charge is 0.494 e. The molecule has 1 aromatic carbocycles. The van der Waals surface area contributed by atoms with Crippen LogP contribution in [0.2, 0.25) is 0 Å². The van der Waals surface area contributed by atoms with Crippen LogP contribution in [0.15, 0.2) is 24.3 Å². The minimum Gasteiger partial charge on any atom is -0.494 e. The van der Waals surface area contributed by atoms with Crippen molar-refractivity contribution in [2.75, 3.05) is 13.2 Å². The lowest BCUT2D eigenvalue weighted by atomic mass is 9.93. The first kappa shape index (κ1) is 15.0. The summed E-state index contributed by atoms with van der Waals surface area (Å²) in [6.45, 7) is 4.82. The molecule has 3 heteroatoms. The summed E-state index contributed by atoms with van der Waals surface area (Å²) in [7, 11) is 0. The zero-order valence-electron chi connectivity index (χ0n) is 11.5. The summed E-state index contributed by atoms with van der Waals surface area (Å²) in [5.41, 5.74) is 6.87. The Kier molecular flexibility index (Phi) is 6.16. The van der Waals surface area contributed by atoms with Gasteiger partial charge in [-0.1, -0.05) is 26.0 Å². The highest BCUT2D eigenvalue weighted by Crippen LogP contribution is 2.16. The van der Waals surface area contributed by atoms with Crippen molar-refractivity contribution in [2.45, 2.75) is 45.1 Å². The molecule has 1 rings (SSSR count). The van der Waals surface area contributed by atoms with Gasteiger partial charge in [0.1, 0.15) is 5.75 Å². The average molecular weight is 251 g/mol. The van der Waals surface area contributed by atoms with E-state index in [1.807, 2.05) is 19.1 Å². The minimum absolute atomic E-state index is 0.0364. The van der Waals surface area contributed by atoms with Crippen molar-refractivity contribution >= 4 is 0 Å². The van der Waals surface area contributed by atoms with E-state index in [2.05, 4.69) is 19.1 Å². The van der Waals surface area contributed by atoms with Gasteiger partial charge >= 0.3 is 0 Å². The van der Waals surface area contributed by atoms with Crippen LogP contribution in [0.4, 0.5) is 0 Å². The maximum atomic E-state index is 9.19. The molecule has 0 fully saturated rings. The van der Waals surface area contributed by atoms with E-state index in [1.165, 1.54) is 5.56 Å². The van der Waals surface area contributed by atoms with Crippen LogP contribution in [-0.2, 0) is 6.42 Å². The average Bonchev–Trinajstić information content (AvgIpc) is 2.44. The van der Waals surface area contributed by atoms with Gasteiger partial charge in [-0.15, -0.1) is 0 Å². The van der Waals surface area contributed by atoms with Crippen LogP contribution >= 0.6 is 0 Å². The summed E-state index contributed by atoms with van der Waals surface area (Å²) in [4.78, 5) is 0. The third-order valence-electron chi connectivity index (χ3n) is 3.44. The highest BCUT2D eigenvalue weighted by Gasteiger charge is 2.20. The van der Waals surface area contributed by atoms with E-state index >= 15 is 0 Å². The van der Waals surface area contributed by atoms with Gasteiger partial charge < -0.3 is 15.6 Å². The zero-order valence-corrected chi connectivity index (χ0v) is 11.5. The molecule has 0 spiro atoms. The maximum Gasteiger partial charge on any atom is 0.119 e. The standard InChI is InChI=1S/C15H25NO2/c1-3-13-6-8-14(9-7-13)18-11-5-10-15(16,4-2)12-17/h6-9,17H,3-5,10-12,16H2,1-2H3. The fourth-order valence-electron chi connectivity index (χ4n) is 1.80. The van der Waals surface area contributed by atoms with Crippen LogP contribution in [0.25, 0.3) is 0 Å². The molecule has 0 saturated heterocycles. The lowest BCUT2D eigenvalue weighted by molar-refractivity contribution is 0.171. The molecule has 3 N–H and O–H groups in total. The summed E-state index contributed by atoms with van der Waals surface area (Å²) in [6, 6.07) is 8.17. The topological polar surface area (TPSA) is 55.5 Å². The van der Waals surface area contributed by atoms with Gasteiger partial charge in [-0.25, -0.2) is 0 Å². The molecule has 0 heterocycles. The first-order chi connectivity index (χ1) is 8.63. The smallest absolute Gasteiger partial charge is 0.119 e.